The van der Waals surface area contributed by atoms with Gasteiger partial charge in [-0.15, -0.1) is 11.3 Å². The number of rotatable bonds is 5. The Hall–Kier alpha value is -2.99. The van der Waals surface area contributed by atoms with E-state index in [0.29, 0.717) is 18.7 Å². The summed E-state index contributed by atoms with van der Waals surface area (Å²) < 4.78 is 1.98. The Balaban J connectivity index is 1.45. The number of carbonyl (C=O) groups is 1. The van der Waals surface area contributed by atoms with Gasteiger partial charge in [0.25, 0.3) is 5.91 Å². The summed E-state index contributed by atoms with van der Waals surface area (Å²) in [4.78, 5) is 22.5. The molecule has 1 amide bonds. The van der Waals surface area contributed by atoms with Crippen molar-refractivity contribution < 1.29 is 4.79 Å². The monoisotopic (exact) mass is 362 g/mol. The summed E-state index contributed by atoms with van der Waals surface area (Å²) in [7, 11) is 0. The highest BCUT2D eigenvalue weighted by Crippen LogP contribution is 2.29. The van der Waals surface area contributed by atoms with E-state index >= 15 is 0 Å². The van der Waals surface area contributed by atoms with Crippen molar-refractivity contribution in [3.8, 4) is 10.4 Å². The lowest BCUT2D eigenvalue weighted by molar-refractivity contribution is 0.0950. The number of nitrogens with one attached hydrogen (secondary N) is 1. The van der Waals surface area contributed by atoms with Crippen molar-refractivity contribution in [1.82, 2.24) is 19.7 Å². The summed E-state index contributed by atoms with van der Waals surface area (Å²) in [6, 6.07) is 15.8. The van der Waals surface area contributed by atoms with Gasteiger partial charge in [0.2, 0.25) is 0 Å². The lowest BCUT2D eigenvalue weighted by atomic mass is 10.1. The van der Waals surface area contributed by atoms with Crippen LogP contribution in [0.1, 0.15) is 21.2 Å². The highest BCUT2D eigenvalue weighted by molar-refractivity contribution is 7.15. The number of imidazole rings is 1. The molecule has 0 aliphatic carbocycles. The van der Waals surface area contributed by atoms with Crippen LogP contribution >= 0.6 is 11.3 Å². The number of fused-ring (bicyclic) bond motifs is 1. The van der Waals surface area contributed by atoms with Gasteiger partial charge in [-0.05, 0) is 24.6 Å². The summed E-state index contributed by atoms with van der Waals surface area (Å²) in [6.07, 6.45) is 4.63. The summed E-state index contributed by atoms with van der Waals surface area (Å²) in [6.45, 7) is 2.44. The molecular formula is C20H18N4OS. The van der Waals surface area contributed by atoms with E-state index in [4.69, 9.17) is 0 Å². The van der Waals surface area contributed by atoms with E-state index in [2.05, 4.69) is 15.3 Å². The number of thiazole rings is 1. The second-order valence-corrected chi connectivity index (χ2v) is 7.18. The Bertz CT molecular complexity index is 1020. The van der Waals surface area contributed by atoms with Gasteiger partial charge in [0.15, 0.2) is 0 Å². The first-order valence-electron chi connectivity index (χ1n) is 8.44. The first-order chi connectivity index (χ1) is 12.7. The van der Waals surface area contributed by atoms with Crippen LogP contribution in [0.3, 0.4) is 0 Å². The fraction of sp³-hybridized carbons (Fsp3) is 0.150. The van der Waals surface area contributed by atoms with E-state index in [1.807, 2.05) is 72.2 Å². The van der Waals surface area contributed by atoms with Gasteiger partial charge in [0, 0.05) is 25.4 Å². The molecule has 26 heavy (non-hydrogen) atoms. The Morgan fingerprint density at radius 3 is 2.73 bits per heavy atom. The van der Waals surface area contributed by atoms with Crippen LogP contribution < -0.4 is 5.32 Å². The standard InChI is InChI=1S/C20H18N4OS/c1-14-22-18(19(26-14)15-7-3-2-4-8-15)20(25)21-11-10-16-13-24-12-6-5-9-17(24)23-16/h2-9,12-13H,10-11H2,1H3,(H,21,25). The van der Waals surface area contributed by atoms with E-state index in [9.17, 15) is 4.79 Å². The molecule has 1 aromatic carbocycles. The molecule has 0 saturated heterocycles. The first kappa shape index (κ1) is 16.5. The lowest BCUT2D eigenvalue weighted by Gasteiger charge is -2.04. The number of amides is 1. The van der Waals surface area contributed by atoms with Crippen LogP contribution in [0.4, 0.5) is 0 Å². The molecule has 0 saturated carbocycles. The van der Waals surface area contributed by atoms with E-state index in [1.165, 1.54) is 0 Å². The molecule has 0 bridgehead atoms. The maximum absolute atomic E-state index is 12.6. The number of pyridine rings is 1. The number of carbonyl (C=O) groups excluding carboxylic acids is 1. The predicted octanol–water partition coefficient (Wildman–Crippen LogP) is 3.74. The SMILES string of the molecule is Cc1nc(C(=O)NCCc2cn3ccccc3n2)c(-c2ccccc2)s1. The zero-order valence-corrected chi connectivity index (χ0v) is 15.2. The van der Waals surface area contributed by atoms with Crippen molar-refractivity contribution in [2.45, 2.75) is 13.3 Å². The Morgan fingerprint density at radius 1 is 1.12 bits per heavy atom. The van der Waals surface area contributed by atoms with Crippen molar-refractivity contribution >= 4 is 22.9 Å². The summed E-state index contributed by atoms with van der Waals surface area (Å²) >= 11 is 1.54. The van der Waals surface area contributed by atoms with Crippen LogP contribution in [0, 0.1) is 6.92 Å². The van der Waals surface area contributed by atoms with Crippen molar-refractivity contribution in [1.29, 1.82) is 0 Å². The van der Waals surface area contributed by atoms with Crippen molar-refractivity contribution in [3.63, 3.8) is 0 Å². The maximum atomic E-state index is 12.6. The number of benzene rings is 1. The Kier molecular flexibility index (Phi) is 4.50. The molecular weight excluding hydrogens is 344 g/mol. The van der Waals surface area contributed by atoms with Gasteiger partial charge < -0.3 is 9.72 Å². The van der Waals surface area contributed by atoms with Gasteiger partial charge in [0.1, 0.15) is 11.3 Å². The molecule has 0 aliphatic heterocycles. The summed E-state index contributed by atoms with van der Waals surface area (Å²) in [5, 5.41) is 3.85. The zero-order valence-electron chi connectivity index (χ0n) is 14.3. The average Bonchev–Trinajstić information content (AvgIpc) is 3.25. The molecule has 3 aromatic heterocycles. The first-order valence-corrected chi connectivity index (χ1v) is 9.26. The molecule has 4 rings (SSSR count). The van der Waals surface area contributed by atoms with E-state index in [1.54, 1.807) is 11.3 Å². The van der Waals surface area contributed by atoms with Crippen molar-refractivity contribution in [2.75, 3.05) is 6.54 Å². The van der Waals surface area contributed by atoms with Crippen LogP contribution in [0.25, 0.3) is 16.1 Å². The third-order valence-corrected chi connectivity index (χ3v) is 5.09. The number of aromatic nitrogens is 3. The van der Waals surface area contributed by atoms with Gasteiger partial charge in [-0.25, -0.2) is 9.97 Å². The number of aryl methyl sites for hydroxylation is 1. The highest BCUT2D eigenvalue weighted by Gasteiger charge is 2.18. The van der Waals surface area contributed by atoms with E-state index in [0.717, 1.165) is 26.8 Å². The Labute approximate surface area is 155 Å². The molecule has 3 heterocycles. The van der Waals surface area contributed by atoms with Gasteiger partial charge >= 0.3 is 0 Å². The second kappa shape index (κ2) is 7.09. The van der Waals surface area contributed by atoms with Gasteiger partial charge in [-0.2, -0.15) is 0 Å². The fourth-order valence-corrected chi connectivity index (χ4v) is 3.78. The molecule has 0 radical (unpaired) electrons. The topological polar surface area (TPSA) is 59.3 Å². The molecule has 5 nitrogen and oxygen atoms in total. The van der Waals surface area contributed by atoms with Gasteiger partial charge in [-0.3, -0.25) is 4.79 Å². The third kappa shape index (κ3) is 3.36. The average molecular weight is 362 g/mol. The molecule has 0 atom stereocenters. The molecule has 6 heteroatoms. The fourth-order valence-electron chi connectivity index (χ4n) is 2.86. The van der Waals surface area contributed by atoms with Crippen LogP contribution in [-0.2, 0) is 6.42 Å². The minimum atomic E-state index is -0.142. The normalized spacial score (nSPS) is 11.0. The zero-order chi connectivity index (χ0) is 17.9. The van der Waals surface area contributed by atoms with Crippen molar-refractivity contribution in [2.24, 2.45) is 0 Å². The summed E-state index contributed by atoms with van der Waals surface area (Å²) in [5.74, 6) is -0.142. The van der Waals surface area contributed by atoms with Crippen LogP contribution in [0.5, 0.6) is 0 Å². The quantitative estimate of drug-likeness (QED) is 0.588. The minimum absolute atomic E-state index is 0.142. The van der Waals surface area contributed by atoms with E-state index < -0.39 is 0 Å². The minimum Gasteiger partial charge on any atom is -0.350 e. The molecule has 0 aliphatic rings. The molecule has 0 fully saturated rings. The highest BCUT2D eigenvalue weighted by atomic mass is 32.1. The third-order valence-electron chi connectivity index (χ3n) is 4.07. The van der Waals surface area contributed by atoms with Crippen LogP contribution in [-0.4, -0.2) is 26.8 Å². The Morgan fingerprint density at radius 2 is 1.92 bits per heavy atom. The number of hydrogen-bond acceptors (Lipinski definition) is 4. The van der Waals surface area contributed by atoms with E-state index in [-0.39, 0.29) is 5.91 Å². The molecule has 0 unspecified atom stereocenters. The lowest BCUT2D eigenvalue weighted by Crippen LogP contribution is -2.26. The second-order valence-electron chi connectivity index (χ2n) is 5.98. The number of nitrogens with zero attached hydrogens (tertiary/aromatic N) is 3. The molecule has 1 N–H and O–H groups in total. The largest absolute Gasteiger partial charge is 0.350 e. The van der Waals surface area contributed by atoms with Crippen molar-refractivity contribution in [3.05, 3.63) is 77.3 Å². The molecule has 0 spiro atoms. The predicted molar refractivity (Wildman–Crippen MR) is 104 cm³/mol. The summed E-state index contributed by atoms with van der Waals surface area (Å²) in [5.41, 5.74) is 3.38. The van der Waals surface area contributed by atoms with Crippen LogP contribution in [0.15, 0.2) is 60.9 Å². The smallest absolute Gasteiger partial charge is 0.271 e. The van der Waals surface area contributed by atoms with Crippen LogP contribution in [0.2, 0.25) is 0 Å². The number of hydrogen-bond donors (Lipinski definition) is 1. The molecule has 4 aromatic rings. The maximum Gasteiger partial charge on any atom is 0.271 e. The molecule has 130 valence electrons. The van der Waals surface area contributed by atoms with Gasteiger partial charge in [0.05, 0.1) is 15.6 Å². The van der Waals surface area contributed by atoms with Gasteiger partial charge in [-0.1, -0.05) is 36.4 Å².